The molecule has 8 nitrogen and oxygen atoms in total. The Hall–Kier alpha value is -2.87. The normalized spacial score (nSPS) is 26.3. The largest absolute Gasteiger partial charge is 0.342 e. The van der Waals surface area contributed by atoms with Crippen LogP contribution in [0.25, 0.3) is 0 Å². The van der Waals surface area contributed by atoms with Crippen LogP contribution >= 0.6 is 0 Å². The van der Waals surface area contributed by atoms with Gasteiger partial charge in [0.15, 0.2) is 0 Å². The number of likely N-dealkylation sites (N-methyl/N-ethyl adjacent to an activating group) is 1. The maximum Gasteiger partial charge on any atom is 0.326 e. The molecule has 1 aromatic carbocycles. The quantitative estimate of drug-likeness (QED) is 0.720. The second kappa shape index (κ2) is 8.10. The van der Waals surface area contributed by atoms with Crippen LogP contribution in [-0.2, 0) is 4.79 Å². The number of aromatic nitrogens is 1. The fourth-order valence-corrected chi connectivity index (χ4v) is 4.70. The van der Waals surface area contributed by atoms with E-state index in [2.05, 4.69) is 28.0 Å². The third kappa shape index (κ3) is 4.05. The molecule has 2 saturated heterocycles. The van der Waals surface area contributed by atoms with E-state index in [1.165, 1.54) is 0 Å². The highest BCUT2D eigenvalue weighted by atomic mass is 16.5. The van der Waals surface area contributed by atoms with Gasteiger partial charge in [-0.2, -0.15) is 0 Å². The summed E-state index contributed by atoms with van der Waals surface area (Å²) < 4.78 is 5.02. The molecule has 0 radical (unpaired) electrons. The number of nitrogens with zero attached hydrogens (tertiary/aromatic N) is 2. The van der Waals surface area contributed by atoms with Gasteiger partial charge < -0.3 is 20.1 Å². The van der Waals surface area contributed by atoms with Crippen molar-refractivity contribution in [2.75, 3.05) is 24.2 Å². The Morgan fingerprint density at radius 1 is 1.23 bits per heavy atom. The molecule has 4 rings (SSSR count). The zero-order valence-electron chi connectivity index (χ0n) is 17.9. The number of fused-ring (bicyclic) bond motifs is 1. The molecule has 2 aromatic rings. The minimum Gasteiger partial charge on any atom is -0.342 e. The topological polar surface area (TPSA) is 99.5 Å². The molecule has 2 aliphatic heterocycles. The Bertz CT molecular complexity index is 956. The molecule has 3 heterocycles. The van der Waals surface area contributed by atoms with E-state index >= 15 is 0 Å². The summed E-state index contributed by atoms with van der Waals surface area (Å²) in [5, 5.41) is 12.7. The van der Waals surface area contributed by atoms with Crippen LogP contribution in [0.2, 0.25) is 0 Å². The van der Waals surface area contributed by atoms with E-state index in [1.807, 2.05) is 37.1 Å². The summed E-state index contributed by atoms with van der Waals surface area (Å²) in [5.41, 5.74) is 3.34. The summed E-state index contributed by atoms with van der Waals surface area (Å²) in [6, 6.07) is 7.65. The van der Waals surface area contributed by atoms with Crippen LogP contribution in [0.5, 0.6) is 0 Å². The van der Waals surface area contributed by atoms with Crippen molar-refractivity contribution in [3.8, 4) is 0 Å². The number of hydrogen-bond donors (Lipinski definition) is 3. The highest BCUT2D eigenvalue weighted by Gasteiger charge is 2.43. The molecular formula is C22H29N5O3. The standard InChI is InChI=1S/C22H29N5O3/c1-12-5-6-16(24-22(29)25-20-8-14(3)26-30-20)10-17(12)18-9-15-11-23-13(2)7-19(15)27(4)21(18)28/h5-6,8,10,13,15,18-19,23H,7,9,11H2,1-4H3,(H2,24,25,29). The average molecular weight is 412 g/mol. The van der Waals surface area contributed by atoms with Crippen molar-refractivity contribution in [2.45, 2.75) is 51.6 Å². The fourth-order valence-electron chi connectivity index (χ4n) is 4.70. The molecule has 8 heteroatoms. The van der Waals surface area contributed by atoms with Crippen LogP contribution in [0.1, 0.15) is 42.5 Å². The van der Waals surface area contributed by atoms with Gasteiger partial charge in [-0.05, 0) is 62.8 Å². The van der Waals surface area contributed by atoms with Gasteiger partial charge in [0.25, 0.3) is 0 Å². The Kier molecular flexibility index (Phi) is 5.51. The number of benzene rings is 1. The number of hydrogen-bond acceptors (Lipinski definition) is 5. The molecule has 4 atom stereocenters. The van der Waals surface area contributed by atoms with Crippen LogP contribution in [0, 0.1) is 19.8 Å². The lowest BCUT2D eigenvalue weighted by molar-refractivity contribution is -0.140. The second-order valence-electron chi connectivity index (χ2n) is 8.59. The van der Waals surface area contributed by atoms with Gasteiger partial charge in [0.2, 0.25) is 11.8 Å². The first-order chi connectivity index (χ1) is 14.3. The Morgan fingerprint density at radius 2 is 2.03 bits per heavy atom. The van der Waals surface area contributed by atoms with Gasteiger partial charge in [0, 0.05) is 37.4 Å². The van der Waals surface area contributed by atoms with Gasteiger partial charge in [-0.25, -0.2) is 4.79 Å². The number of likely N-dealkylation sites (tertiary alicyclic amines) is 1. The third-order valence-electron chi connectivity index (χ3n) is 6.33. The van der Waals surface area contributed by atoms with Gasteiger partial charge in [-0.3, -0.25) is 10.1 Å². The monoisotopic (exact) mass is 411 g/mol. The molecule has 2 aliphatic rings. The molecule has 160 valence electrons. The summed E-state index contributed by atoms with van der Waals surface area (Å²) in [4.78, 5) is 27.4. The van der Waals surface area contributed by atoms with E-state index < -0.39 is 6.03 Å². The van der Waals surface area contributed by atoms with E-state index in [9.17, 15) is 9.59 Å². The van der Waals surface area contributed by atoms with Gasteiger partial charge in [0.1, 0.15) is 0 Å². The number of carbonyl (C=O) groups is 2. The minimum atomic E-state index is -0.418. The van der Waals surface area contributed by atoms with Crippen LogP contribution in [-0.4, -0.2) is 47.7 Å². The molecule has 1 aromatic heterocycles. The number of aryl methyl sites for hydroxylation is 2. The maximum absolute atomic E-state index is 13.2. The number of carbonyl (C=O) groups excluding carboxylic acids is 2. The van der Waals surface area contributed by atoms with E-state index in [1.54, 1.807) is 13.0 Å². The number of rotatable bonds is 3. The van der Waals surface area contributed by atoms with Crippen LogP contribution in [0.4, 0.5) is 16.4 Å². The van der Waals surface area contributed by atoms with Crippen LogP contribution in [0.15, 0.2) is 28.8 Å². The molecule has 2 fully saturated rings. The number of piperidine rings is 2. The van der Waals surface area contributed by atoms with Crippen LogP contribution in [0.3, 0.4) is 0 Å². The molecule has 4 unspecified atom stereocenters. The molecule has 3 amide bonds. The van der Waals surface area contributed by atoms with Crippen molar-refractivity contribution >= 4 is 23.5 Å². The number of anilines is 2. The zero-order valence-corrected chi connectivity index (χ0v) is 17.9. The molecule has 0 spiro atoms. The van der Waals surface area contributed by atoms with Crippen molar-refractivity contribution in [3.63, 3.8) is 0 Å². The smallest absolute Gasteiger partial charge is 0.326 e. The van der Waals surface area contributed by atoms with Crippen molar-refractivity contribution in [2.24, 2.45) is 5.92 Å². The number of urea groups is 1. The zero-order chi connectivity index (χ0) is 21.4. The average Bonchev–Trinajstić information content (AvgIpc) is 3.11. The summed E-state index contributed by atoms with van der Waals surface area (Å²) in [7, 11) is 1.93. The van der Waals surface area contributed by atoms with Crippen molar-refractivity contribution < 1.29 is 14.1 Å². The molecule has 30 heavy (non-hydrogen) atoms. The lowest BCUT2D eigenvalue weighted by atomic mass is 9.75. The minimum absolute atomic E-state index is 0.159. The molecule has 0 bridgehead atoms. The summed E-state index contributed by atoms with van der Waals surface area (Å²) in [6.45, 7) is 6.89. The summed E-state index contributed by atoms with van der Waals surface area (Å²) >= 11 is 0. The Labute approximate surface area is 176 Å². The molecular weight excluding hydrogens is 382 g/mol. The first-order valence-corrected chi connectivity index (χ1v) is 10.4. The fraction of sp³-hybridized carbons (Fsp3) is 0.500. The summed E-state index contributed by atoms with van der Waals surface area (Å²) in [6.07, 6.45) is 1.81. The summed E-state index contributed by atoms with van der Waals surface area (Å²) in [5.74, 6) is 0.676. The van der Waals surface area contributed by atoms with E-state index in [-0.39, 0.29) is 17.7 Å². The van der Waals surface area contributed by atoms with Crippen molar-refractivity contribution in [1.29, 1.82) is 0 Å². The predicted molar refractivity (Wildman–Crippen MR) is 115 cm³/mol. The number of nitrogens with one attached hydrogen (secondary N) is 3. The van der Waals surface area contributed by atoms with E-state index in [0.29, 0.717) is 29.4 Å². The van der Waals surface area contributed by atoms with E-state index in [4.69, 9.17) is 4.52 Å². The maximum atomic E-state index is 13.2. The number of amides is 3. The van der Waals surface area contributed by atoms with Crippen molar-refractivity contribution in [1.82, 2.24) is 15.4 Å². The lowest BCUT2D eigenvalue weighted by Gasteiger charge is -2.47. The van der Waals surface area contributed by atoms with E-state index in [0.717, 1.165) is 30.5 Å². The highest BCUT2D eigenvalue weighted by Crippen LogP contribution is 2.39. The van der Waals surface area contributed by atoms with Gasteiger partial charge in [0.05, 0.1) is 11.6 Å². The Balaban J connectivity index is 1.51. The van der Waals surface area contributed by atoms with Gasteiger partial charge >= 0.3 is 6.03 Å². The highest BCUT2D eigenvalue weighted by molar-refractivity contribution is 5.99. The van der Waals surface area contributed by atoms with Gasteiger partial charge in [-0.1, -0.05) is 11.2 Å². The van der Waals surface area contributed by atoms with Crippen molar-refractivity contribution in [3.05, 3.63) is 41.1 Å². The second-order valence-corrected chi connectivity index (χ2v) is 8.59. The third-order valence-corrected chi connectivity index (χ3v) is 6.33. The molecule has 0 saturated carbocycles. The molecule has 0 aliphatic carbocycles. The van der Waals surface area contributed by atoms with Gasteiger partial charge in [-0.15, -0.1) is 0 Å². The molecule has 3 N–H and O–H groups in total. The first kappa shape index (κ1) is 20.4. The first-order valence-electron chi connectivity index (χ1n) is 10.4. The SMILES string of the molecule is Cc1cc(NC(=O)Nc2ccc(C)c(C3CC4CNC(C)CC4N(C)C3=O)c2)on1. The predicted octanol–water partition coefficient (Wildman–Crippen LogP) is 3.25. The Morgan fingerprint density at radius 3 is 2.77 bits per heavy atom. The lowest BCUT2D eigenvalue weighted by Crippen LogP contribution is -2.57. The van der Waals surface area contributed by atoms with Crippen LogP contribution < -0.4 is 16.0 Å².